The molecule has 1 aromatic rings. The molecule has 0 spiro atoms. The van der Waals surface area contributed by atoms with Gasteiger partial charge in [0.1, 0.15) is 11.0 Å². The minimum absolute atomic E-state index is 0.0282. The summed E-state index contributed by atoms with van der Waals surface area (Å²) in [6.45, 7) is 6.34. The lowest BCUT2D eigenvalue weighted by Crippen LogP contribution is -2.35. The SMILES string of the molecule is CC(C)(C)C(CCO)Nc1cc(C#N)cc(Cl)n1. The van der Waals surface area contributed by atoms with Crippen molar-refractivity contribution in [2.75, 3.05) is 11.9 Å². The van der Waals surface area contributed by atoms with E-state index >= 15 is 0 Å². The highest BCUT2D eigenvalue weighted by molar-refractivity contribution is 6.29. The minimum atomic E-state index is -0.0282. The molecule has 0 fully saturated rings. The van der Waals surface area contributed by atoms with Crippen LogP contribution < -0.4 is 5.32 Å². The van der Waals surface area contributed by atoms with E-state index < -0.39 is 0 Å². The van der Waals surface area contributed by atoms with Gasteiger partial charge in [-0.25, -0.2) is 4.98 Å². The van der Waals surface area contributed by atoms with E-state index in [1.165, 1.54) is 6.07 Å². The Bertz CT molecular complexity index is 449. The Balaban J connectivity index is 2.94. The van der Waals surface area contributed by atoms with E-state index in [-0.39, 0.29) is 23.2 Å². The van der Waals surface area contributed by atoms with Gasteiger partial charge in [-0.15, -0.1) is 0 Å². The average Bonchev–Trinajstić information content (AvgIpc) is 2.26. The van der Waals surface area contributed by atoms with Gasteiger partial charge in [0.25, 0.3) is 0 Å². The van der Waals surface area contributed by atoms with E-state index in [0.717, 1.165) is 0 Å². The number of pyridine rings is 1. The molecule has 1 heterocycles. The van der Waals surface area contributed by atoms with Crippen molar-refractivity contribution in [2.24, 2.45) is 5.41 Å². The minimum Gasteiger partial charge on any atom is -0.396 e. The second kappa shape index (κ2) is 6.03. The van der Waals surface area contributed by atoms with Crippen LogP contribution in [0.5, 0.6) is 0 Å². The zero-order valence-corrected chi connectivity index (χ0v) is 11.6. The van der Waals surface area contributed by atoms with Crippen molar-refractivity contribution >= 4 is 17.4 Å². The third-order valence-electron chi connectivity index (χ3n) is 2.71. The molecule has 0 bridgehead atoms. The molecule has 1 unspecified atom stereocenters. The summed E-state index contributed by atoms with van der Waals surface area (Å²) in [5.74, 6) is 0.562. The molecule has 1 aromatic heterocycles. The smallest absolute Gasteiger partial charge is 0.132 e. The largest absolute Gasteiger partial charge is 0.396 e. The lowest BCUT2D eigenvalue weighted by molar-refractivity contribution is 0.235. The molecule has 98 valence electrons. The fraction of sp³-hybridized carbons (Fsp3) is 0.538. The van der Waals surface area contributed by atoms with E-state index in [2.05, 4.69) is 31.1 Å². The van der Waals surface area contributed by atoms with E-state index in [9.17, 15) is 0 Å². The van der Waals surface area contributed by atoms with Crippen LogP contribution in [0.4, 0.5) is 5.82 Å². The van der Waals surface area contributed by atoms with Gasteiger partial charge in [0.15, 0.2) is 0 Å². The molecule has 0 aliphatic rings. The van der Waals surface area contributed by atoms with Gasteiger partial charge in [-0.3, -0.25) is 0 Å². The van der Waals surface area contributed by atoms with Gasteiger partial charge in [0.2, 0.25) is 0 Å². The Kier molecular flexibility index (Phi) is 4.94. The zero-order valence-electron chi connectivity index (χ0n) is 10.9. The Morgan fingerprint density at radius 1 is 1.50 bits per heavy atom. The molecule has 0 aromatic carbocycles. The van der Waals surface area contributed by atoms with Crippen molar-refractivity contribution in [3.8, 4) is 6.07 Å². The molecule has 1 atom stereocenters. The van der Waals surface area contributed by atoms with Crippen molar-refractivity contribution in [3.63, 3.8) is 0 Å². The third-order valence-corrected chi connectivity index (χ3v) is 2.90. The Morgan fingerprint density at radius 2 is 2.17 bits per heavy atom. The van der Waals surface area contributed by atoms with Crippen molar-refractivity contribution in [1.29, 1.82) is 5.26 Å². The van der Waals surface area contributed by atoms with Gasteiger partial charge >= 0.3 is 0 Å². The molecule has 2 N–H and O–H groups in total. The average molecular weight is 268 g/mol. The maximum atomic E-state index is 9.09. The van der Waals surface area contributed by atoms with Gasteiger partial charge in [-0.05, 0) is 24.0 Å². The second-order valence-electron chi connectivity index (χ2n) is 5.25. The fourth-order valence-corrected chi connectivity index (χ4v) is 1.87. The summed E-state index contributed by atoms with van der Waals surface area (Å²) < 4.78 is 0. The Morgan fingerprint density at radius 3 is 2.67 bits per heavy atom. The number of nitrogens with zero attached hydrogens (tertiary/aromatic N) is 2. The summed E-state index contributed by atoms with van der Waals surface area (Å²) in [6.07, 6.45) is 0.611. The van der Waals surface area contributed by atoms with Crippen LogP contribution in [0, 0.1) is 16.7 Å². The van der Waals surface area contributed by atoms with Crippen molar-refractivity contribution in [2.45, 2.75) is 33.2 Å². The monoisotopic (exact) mass is 267 g/mol. The van der Waals surface area contributed by atoms with Crippen LogP contribution in [0.1, 0.15) is 32.8 Å². The van der Waals surface area contributed by atoms with Gasteiger partial charge in [-0.2, -0.15) is 5.26 Å². The number of nitrogens with one attached hydrogen (secondary N) is 1. The molecular formula is C13H18ClN3O. The molecular weight excluding hydrogens is 250 g/mol. The van der Waals surface area contributed by atoms with Gasteiger partial charge in [0.05, 0.1) is 11.6 Å². The van der Waals surface area contributed by atoms with Crippen LogP contribution in [-0.4, -0.2) is 22.7 Å². The topological polar surface area (TPSA) is 68.9 Å². The summed E-state index contributed by atoms with van der Waals surface area (Å²) in [4.78, 5) is 4.14. The first-order chi connectivity index (χ1) is 8.36. The van der Waals surface area contributed by atoms with Crippen molar-refractivity contribution < 1.29 is 5.11 Å². The molecule has 18 heavy (non-hydrogen) atoms. The first kappa shape index (κ1) is 14.7. The predicted molar refractivity (Wildman–Crippen MR) is 72.5 cm³/mol. The number of anilines is 1. The highest BCUT2D eigenvalue weighted by Gasteiger charge is 2.24. The normalized spacial score (nSPS) is 12.9. The number of nitriles is 1. The molecule has 0 radical (unpaired) electrons. The van der Waals surface area contributed by atoms with Crippen LogP contribution in [0.25, 0.3) is 0 Å². The number of halogens is 1. The summed E-state index contributed by atoms with van der Waals surface area (Å²) in [5, 5.41) is 21.5. The van der Waals surface area contributed by atoms with E-state index in [1.807, 2.05) is 6.07 Å². The molecule has 0 amide bonds. The lowest BCUT2D eigenvalue weighted by atomic mass is 9.85. The van der Waals surface area contributed by atoms with Crippen molar-refractivity contribution in [3.05, 3.63) is 22.8 Å². The first-order valence-corrected chi connectivity index (χ1v) is 6.19. The molecule has 0 saturated heterocycles. The van der Waals surface area contributed by atoms with E-state index in [0.29, 0.717) is 17.8 Å². The molecule has 1 rings (SSSR count). The quantitative estimate of drug-likeness (QED) is 0.823. The van der Waals surface area contributed by atoms with E-state index in [1.54, 1.807) is 6.07 Å². The Labute approximate surface area is 113 Å². The summed E-state index contributed by atoms with van der Waals surface area (Å²) in [7, 11) is 0. The molecule has 0 aliphatic heterocycles. The standard InChI is InChI=1S/C13H18ClN3O/c1-13(2,3)10(4-5-18)16-12-7-9(8-15)6-11(14)17-12/h6-7,10,18H,4-5H2,1-3H3,(H,16,17). The van der Waals surface area contributed by atoms with Gasteiger partial charge < -0.3 is 10.4 Å². The zero-order chi connectivity index (χ0) is 13.8. The number of hydrogen-bond donors (Lipinski definition) is 2. The van der Waals surface area contributed by atoms with Gasteiger partial charge in [-0.1, -0.05) is 32.4 Å². The van der Waals surface area contributed by atoms with Gasteiger partial charge in [0, 0.05) is 12.6 Å². The molecule has 4 nitrogen and oxygen atoms in total. The van der Waals surface area contributed by atoms with E-state index in [4.69, 9.17) is 22.0 Å². The third kappa shape index (κ3) is 4.17. The highest BCUT2D eigenvalue weighted by atomic mass is 35.5. The van der Waals surface area contributed by atoms with Crippen LogP contribution in [0.15, 0.2) is 12.1 Å². The molecule has 0 saturated carbocycles. The number of aliphatic hydroxyl groups is 1. The lowest BCUT2D eigenvalue weighted by Gasteiger charge is -2.31. The predicted octanol–water partition coefficient (Wildman–Crippen LogP) is 2.82. The summed E-state index contributed by atoms with van der Waals surface area (Å²) in [6, 6.07) is 5.27. The first-order valence-electron chi connectivity index (χ1n) is 5.82. The fourth-order valence-electron chi connectivity index (χ4n) is 1.66. The highest BCUT2D eigenvalue weighted by Crippen LogP contribution is 2.25. The molecule has 0 aliphatic carbocycles. The second-order valence-corrected chi connectivity index (χ2v) is 5.64. The number of hydrogen-bond acceptors (Lipinski definition) is 4. The number of rotatable bonds is 4. The Hall–Kier alpha value is -1.31. The van der Waals surface area contributed by atoms with Crippen LogP contribution >= 0.6 is 11.6 Å². The maximum Gasteiger partial charge on any atom is 0.132 e. The number of aromatic nitrogens is 1. The maximum absolute atomic E-state index is 9.09. The van der Waals surface area contributed by atoms with Crippen LogP contribution in [0.2, 0.25) is 5.15 Å². The van der Waals surface area contributed by atoms with Crippen molar-refractivity contribution in [1.82, 2.24) is 4.98 Å². The van der Waals surface area contributed by atoms with Crippen LogP contribution in [-0.2, 0) is 0 Å². The summed E-state index contributed by atoms with van der Waals surface area (Å²) >= 11 is 5.85. The number of aliphatic hydroxyl groups excluding tert-OH is 1. The molecule has 5 heteroatoms. The van der Waals surface area contributed by atoms with Crippen LogP contribution in [0.3, 0.4) is 0 Å². The summed E-state index contributed by atoms with van der Waals surface area (Å²) in [5.41, 5.74) is 0.439.